The second-order valence-electron chi connectivity index (χ2n) is 8.59. The van der Waals surface area contributed by atoms with Gasteiger partial charge in [0.1, 0.15) is 0 Å². The van der Waals surface area contributed by atoms with Gasteiger partial charge in [-0.2, -0.15) is 0 Å². The molecule has 1 saturated heterocycles. The van der Waals surface area contributed by atoms with Crippen LogP contribution in [0.4, 0.5) is 0 Å². The number of hydrogen-bond acceptors (Lipinski definition) is 3. The number of hydrogen-bond donors (Lipinski definition) is 0. The van der Waals surface area contributed by atoms with Gasteiger partial charge in [-0.25, -0.2) is 0 Å². The van der Waals surface area contributed by atoms with Crippen molar-refractivity contribution >= 4 is 11.9 Å². The molecule has 1 unspecified atom stereocenters. The lowest BCUT2D eigenvalue weighted by Crippen LogP contribution is -2.49. The van der Waals surface area contributed by atoms with Crippen LogP contribution in [-0.4, -0.2) is 28.8 Å². The number of nitrogens with zero attached hydrogens (tertiary/aromatic N) is 2. The van der Waals surface area contributed by atoms with E-state index < -0.39 is 5.41 Å². The van der Waals surface area contributed by atoms with Crippen molar-refractivity contribution in [1.82, 2.24) is 9.88 Å². The van der Waals surface area contributed by atoms with Crippen LogP contribution in [-0.2, 0) is 11.2 Å². The average molecular weight is 397 g/mol. The summed E-state index contributed by atoms with van der Waals surface area (Å²) in [6.07, 6.45) is 4.71. The lowest BCUT2D eigenvalue weighted by atomic mass is 9.74. The molecule has 3 heteroatoms. The zero-order chi connectivity index (χ0) is 21.0. The molecule has 152 valence electrons. The number of carbonyl (C=O) groups excluding carboxylic acids is 1. The summed E-state index contributed by atoms with van der Waals surface area (Å²) in [5.74, 6) is 0.206. The molecule has 4 rings (SSSR count). The van der Waals surface area contributed by atoms with E-state index in [2.05, 4.69) is 60.1 Å². The molecule has 1 atom stereocenters. The summed E-state index contributed by atoms with van der Waals surface area (Å²) in [6.45, 7) is 5.73. The largest absolute Gasteiger partial charge is 0.294 e. The molecule has 0 spiro atoms. The Morgan fingerprint density at radius 3 is 2.30 bits per heavy atom. The first kappa shape index (κ1) is 20.2. The van der Waals surface area contributed by atoms with E-state index in [1.54, 1.807) is 6.20 Å². The first-order valence-electron chi connectivity index (χ1n) is 10.5. The minimum atomic E-state index is -0.442. The van der Waals surface area contributed by atoms with Gasteiger partial charge in [0.25, 0.3) is 0 Å². The van der Waals surface area contributed by atoms with E-state index in [-0.39, 0.29) is 11.8 Å². The van der Waals surface area contributed by atoms with Gasteiger partial charge >= 0.3 is 0 Å². The number of piperidine rings is 1. The predicted octanol–water partition coefficient (Wildman–Crippen LogP) is 5.36. The molecule has 0 saturated carbocycles. The summed E-state index contributed by atoms with van der Waals surface area (Å²) in [5, 5.41) is 0. The number of pyridine rings is 1. The Kier molecular flexibility index (Phi) is 5.91. The van der Waals surface area contributed by atoms with Gasteiger partial charge in [0.05, 0.1) is 11.7 Å². The number of benzene rings is 2. The van der Waals surface area contributed by atoms with Crippen LogP contribution in [0.2, 0.25) is 0 Å². The van der Waals surface area contributed by atoms with Crippen molar-refractivity contribution in [2.24, 2.45) is 5.41 Å². The Morgan fingerprint density at radius 2 is 1.63 bits per heavy atom. The first-order chi connectivity index (χ1) is 14.5. The SMILES string of the molecule is CC1(C)CN(CCc2ccccc2)C(c2ccccc2)/C(=C/c2ccccn2)C1=O. The second kappa shape index (κ2) is 8.76. The summed E-state index contributed by atoms with van der Waals surface area (Å²) >= 11 is 0. The van der Waals surface area contributed by atoms with Gasteiger partial charge in [-0.3, -0.25) is 14.7 Å². The van der Waals surface area contributed by atoms with Crippen molar-refractivity contribution < 1.29 is 4.79 Å². The zero-order valence-corrected chi connectivity index (χ0v) is 17.7. The van der Waals surface area contributed by atoms with E-state index in [1.807, 2.05) is 48.5 Å². The maximum absolute atomic E-state index is 13.5. The average Bonchev–Trinajstić information content (AvgIpc) is 2.77. The Bertz CT molecular complexity index is 1010. The van der Waals surface area contributed by atoms with E-state index in [4.69, 9.17) is 0 Å². The van der Waals surface area contributed by atoms with Gasteiger partial charge < -0.3 is 0 Å². The van der Waals surface area contributed by atoms with Crippen LogP contribution >= 0.6 is 0 Å². The lowest BCUT2D eigenvalue weighted by Gasteiger charge is -2.44. The van der Waals surface area contributed by atoms with Gasteiger partial charge in [-0.05, 0) is 35.8 Å². The van der Waals surface area contributed by atoms with Gasteiger partial charge in [0.15, 0.2) is 5.78 Å². The third kappa shape index (κ3) is 4.42. The minimum Gasteiger partial charge on any atom is -0.294 e. The lowest BCUT2D eigenvalue weighted by molar-refractivity contribution is -0.128. The summed E-state index contributed by atoms with van der Waals surface area (Å²) in [4.78, 5) is 20.4. The van der Waals surface area contributed by atoms with Gasteiger partial charge in [0.2, 0.25) is 0 Å². The van der Waals surface area contributed by atoms with Crippen LogP contribution < -0.4 is 0 Å². The van der Waals surface area contributed by atoms with E-state index in [0.29, 0.717) is 0 Å². The molecule has 2 aromatic carbocycles. The quantitative estimate of drug-likeness (QED) is 0.544. The maximum atomic E-state index is 13.5. The molecule has 0 aliphatic carbocycles. The van der Waals surface area contributed by atoms with Crippen molar-refractivity contribution in [3.05, 3.63) is 107 Å². The molecule has 1 aliphatic rings. The Labute approximate surface area is 179 Å². The van der Waals surface area contributed by atoms with Gasteiger partial charge in [-0.1, -0.05) is 80.6 Å². The number of Topliss-reactive ketones (excluding diaryl/α,β-unsaturated/α-hetero) is 1. The standard InChI is InChI=1S/C27H28N2O/c1-27(2)20-29(18-16-21-11-5-3-6-12-21)25(22-13-7-4-8-14-22)24(26(27)30)19-23-15-9-10-17-28-23/h3-15,17,19,25H,16,18,20H2,1-2H3/b24-19-. The number of likely N-dealkylation sites (tertiary alicyclic amines) is 1. The van der Waals surface area contributed by atoms with Crippen LogP contribution in [0.1, 0.15) is 36.7 Å². The molecule has 0 bridgehead atoms. The third-order valence-electron chi connectivity index (χ3n) is 5.77. The highest BCUT2D eigenvalue weighted by Crippen LogP contribution is 2.41. The molecule has 3 nitrogen and oxygen atoms in total. The molecule has 0 N–H and O–H groups in total. The summed E-state index contributed by atoms with van der Waals surface area (Å²) < 4.78 is 0. The molecular weight excluding hydrogens is 368 g/mol. The number of carbonyl (C=O) groups is 1. The monoisotopic (exact) mass is 396 g/mol. The molecule has 1 aromatic heterocycles. The number of rotatable bonds is 5. The minimum absolute atomic E-state index is 0.0718. The fourth-order valence-electron chi connectivity index (χ4n) is 4.30. The summed E-state index contributed by atoms with van der Waals surface area (Å²) in [5.41, 5.74) is 3.67. The molecule has 0 radical (unpaired) electrons. The second-order valence-corrected chi connectivity index (χ2v) is 8.59. The third-order valence-corrected chi connectivity index (χ3v) is 5.77. The Balaban J connectivity index is 1.75. The van der Waals surface area contributed by atoms with Crippen molar-refractivity contribution in [2.75, 3.05) is 13.1 Å². The molecule has 1 aliphatic heterocycles. The Hall–Kier alpha value is -3.04. The molecule has 30 heavy (non-hydrogen) atoms. The highest BCUT2D eigenvalue weighted by Gasteiger charge is 2.43. The molecular formula is C27H28N2O. The van der Waals surface area contributed by atoms with Gasteiger partial charge in [-0.15, -0.1) is 0 Å². The topological polar surface area (TPSA) is 33.2 Å². The van der Waals surface area contributed by atoms with E-state index >= 15 is 0 Å². The summed E-state index contributed by atoms with van der Waals surface area (Å²) in [7, 11) is 0. The fraction of sp³-hybridized carbons (Fsp3) is 0.259. The van der Waals surface area contributed by atoms with E-state index in [0.717, 1.165) is 36.3 Å². The van der Waals surface area contributed by atoms with Crippen molar-refractivity contribution in [1.29, 1.82) is 0 Å². The van der Waals surface area contributed by atoms with Crippen molar-refractivity contribution in [2.45, 2.75) is 26.3 Å². The van der Waals surface area contributed by atoms with Crippen molar-refractivity contribution in [3.8, 4) is 0 Å². The maximum Gasteiger partial charge on any atom is 0.167 e. The predicted molar refractivity (Wildman–Crippen MR) is 122 cm³/mol. The summed E-state index contributed by atoms with van der Waals surface area (Å²) in [6, 6.07) is 26.7. The van der Waals surface area contributed by atoms with Crippen LogP contribution in [0, 0.1) is 5.41 Å². The van der Waals surface area contributed by atoms with Crippen molar-refractivity contribution in [3.63, 3.8) is 0 Å². The Morgan fingerprint density at radius 1 is 0.967 bits per heavy atom. The zero-order valence-electron chi connectivity index (χ0n) is 17.7. The number of ketones is 1. The molecule has 2 heterocycles. The van der Waals surface area contributed by atoms with Crippen LogP contribution in [0.15, 0.2) is 90.6 Å². The smallest absolute Gasteiger partial charge is 0.167 e. The van der Waals surface area contributed by atoms with Crippen LogP contribution in [0.25, 0.3) is 6.08 Å². The molecule has 1 fully saturated rings. The van der Waals surface area contributed by atoms with Gasteiger partial charge in [0, 0.05) is 30.3 Å². The number of aromatic nitrogens is 1. The first-order valence-corrected chi connectivity index (χ1v) is 10.5. The van der Waals surface area contributed by atoms with E-state index in [1.165, 1.54) is 5.56 Å². The molecule has 3 aromatic rings. The normalized spacial score (nSPS) is 20.4. The van der Waals surface area contributed by atoms with E-state index in [9.17, 15) is 4.79 Å². The highest BCUT2D eigenvalue weighted by molar-refractivity contribution is 6.05. The fourth-order valence-corrected chi connectivity index (χ4v) is 4.30. The highest BCUT2D eigenvalue weighted by atomic mass is 16.1. The molecule has 0 amide bonds. The van der Waals surface area contributed by atoms with Crippen LogP contribution in [0.3, 0.4) is 0 Å². The van der Waals surface area contributed by atoms with Crippen LogP contribution in [0.5, 0.6) is 0 Å².